The van der Waals surface area contributed by atoms with Crippen molar-refractivity contribution in [2.45, 2.75) is 45.4 Å². The largest absolute Gasteiger partial charge is 0.342 e. The highest BCUT2D eigenvalue weighted by Crippen LogP contribution is 2.40. The van der Waals surface area contributed by atoms with Gasteiger partial charge in [0.25, 0.3) is 0 Å². The summed E-state index contributed by atoms with van der Waals surface area (Å²) in [7, 11) is 0. The molecule has 2 fully saturated rings. The van der Waals surface area contributed by atoms with Gasteiger partial charge in [0.15, 0.2) is 0 Å². The second kappa shape index (κ2) is 8.54. The molecule has 1 aromatic carbocycles. The summed E-state index contributed by atoms with van der Waals surface area (Å²) in [4.78, 5) is 17.0. The summed E-state index contributed by atoms with van der Waals surface area (Å²) in [6.07, 6.45) is 6.11. The van der Waals surface area contributed by atoms with Gasteiger partial charge in [-0.3, -0.25) is 9.69 Å². The lowest BCUT2D eigenvalue weighted by Gasteiger charge is -2.47. The fourth-order valence-electron chi connectivity index (χ4n) is 4.10. The number of benzene rings is 1. The Morgan fingerprint density at radius 2 is 1.84 bits per heavy atom. The van der Waals surface area contributed by atoms with Crippen LogP contribution in [0.2, 0.25) is 0 Å². The van der Waals surface area contributed by atoms with Crippen LogP contribution in [0, 0.1) is 17.3 Å². The van der Waals surface area contributed by atoms with Crippen molar-refractivity contribution in [3.8, 4) is 11.8 Å². The molecule has 0 aromatic heterocycles. The Balaban J connectivity index is 1.53. The Morgan fingerprint density at radius 1 is 1.08 bits per heavy atom. The van der Waals surface area contributed by atoms with E-state index in [1.807, 2.05) is 6.07 Å². The summed E-state index contributed by atoms with van der Waals surface area (Å²) >= 11 is 0. The molecule has 1 aromatic rings. The van der Waals surface area contributed by atoms with Crippen LogP contribution in [0.4, 0.5) is 0 Å². The first-order valence-corrected chi connectivity index (χ1v) is 9.71. The Morgan fingerprint density at radius 3 is 2.56 bits per heavy atom. The zero-order valence-corrected chi connectivity index (χ0v) is 15.5. The standard InChI is InChI=1S/C22H30N2O/c1-2-3-7-15-23-17-13-22(14-18-23)12-10-21(25)24(19-22)16-11-20-8-5-4-6-9-20/h4-6,8-9H,2,10-19H2,1H3. The van der Waals surface area contributed by atoms with E-state index in [-0.39, 0.29) is 0 Å². The summed E-state index contributed by atoms with van der Waals surface area (Å²) in [5.41, 5.74) is 1.67. The van der Waals surface area contributed by atoms with Crippen molar-refractivity contribution >= 4 is 5.91 Å². The van der Waals surface area contributed by atoms with Crippen LogP contribution < -0.4 is 0 Å². The summed E-state index contributed by atoms with van der Waals surface area (Å²) in [5.74, 6) is 6.77. The average molecular weight is 338 g/mol. The second-order valence-electron chi connectivity index (χ2n) is 7.53. The van der Waals surface area contributed by atoms with Crippen LogP contribution in [0.5, 0.6) is 0 Å². The van der Waals surface area contributed by atoms with E-state index < -0.39 is 0 Å². The van der Waals surface area contributed by atoms with Crippen molar-refractivity contribution in [1.29, 1.82) is 0 Å². The lowest BCUT2D eigenvalue weighted by Crippen LogP contribution is -2.51. The zero-order valence-electron chi connectivity index (χ0n) is 15.5. The van der Waals surface area contributed by atoms with E-state index in [2.05, 4.69) is 52.8 Å². The van der Waals surface area contributed by atoms with Crippen LogP contribution in [-0.4, -0.2) is 48.4 Å². The number of hydrogen-bond acceptors (Lipinski definition) is 2. The lowest BCUT2D eigenvalue weighted by molar-refractivity contribution is -0.139. The van der Waals surface area contributed by atoms with Gasteiger partial charge in [0.1, 0.15) is 0 Å². The van der Waals surface area contributed by atoms with Crippen molar-refractivity contribution in [2.24, 2.45) is 5.41 Å². The van der Waals surface area contributed by atoms with Crippen LogP contribution in [0.3, 0.4) is 0 Å². The molecule has 0 N–H and O–H groups in total. The molecule has 25 heavy (non-hydrogen) atoms. The summed E-state index contributed by atoms with van der Waals surface area (Å²) < 4.78 is 0. The van der Waals surface area contributed by atoms with Gasteiger partial charge in [-0.1, -0.05) is 43.2 Å². The highest BCUT2D eigenvalue weighted by molar-refractivity contribution is 5.77. The lowest BCUT2D eigenvalue weighted by atomic mass is 9.72. The van der Waals surface area contributed by atoms with Gasteiger partial charge in [0, 0.05) is 25.9 Å². The maximum absolute atomic E-state index is 12.4. The minimum Gasteiger partial charge on any atom is -0.342 e. The van der Waals surface area contributed by atoms with Crippen molar-refractivity contribution in [3.05, 3.63) is 35.9 Å². The fourth-order valence-corrected chi connectivity index (χ4v) is 4.10. The Hall–Kier alpha value is -1.79. The summed E-state index contributed by atoms with van der Waals surface area (Å²) in [5, 5.41) is 0. The molecule has 0 radical (unpaired) electrons. The molecule has 3 rings (SSSR count). The molecule has 134 valence electrons. The second-order valence-corrected chi connectivity index (χ2v) is 7.53. The molecule has 0 unspecified atom stereocenters. The van der Waals surface area contributed by atoms with E-state index in [1.54, 1.807) is 0 Å². The molecule has 0 atom stereocenters. The van der Waals surface area contributed by atoms with Crippen LogP contribution in [-0.2, 0) is 11.2 Å². The molecule has 0 saturated carbocycles. The van der Waals surface area contributed by atoms with E-state index in [1.165, 1.54) is 18.4 Å². The van der Waals surface area contributed by atoms with Gasteiger partial charge in [0.05, 0.1) is 6.54 Å². The molecular weight excluding hydrogens is 308 g/mol. The van der Waals surface area contributed by atoms with Crippen molar-refractivity contribution in [3.63, 3.8) is 0 Å². The van der Waals surface area contributed by atoms with Gasteiger partial charge >= 0.3 is 0 Å². The van der Waals surface area contributed by atoms with Crippen LogP contribution in [0.25, 0.3) is 0 Å². The SMILES string of the molecule is CCC#CCN1CCC2(CCC(=O)N(CCc3ccccc3)C2)CC1. The normalized spacial score (nSPS) is 20.4. The molecule has 1 spiro atoms. The number of nitrogens with zero attached hydrogens (tertiary/aromatic N) is 2. The molecule has 1 amide bonds. The molecule has 0 bridgehead atoms. The molecule has 3 heteroatoms. The fraction of sp³-hybridized carbons (Fsp3) is 0.591. The third-order valence-electron chi connectivity index (χ3n) is 5.78. The van der Waals surface area contributed by atoms with Gasteiger partial charge in [0.2, 0.25) is 5.91 Å². The first-order valence-electron chi connectivity index (χ1n) is 9.71. The smallest absolute Gasteiger partial charge is 0.222 e. The first kappa shape index (κ1) is 18.0. The Labute approximate surface area is 152 Å². The third kappa shape index (κ3) is 4.86. The van der Waals surface area contributed by atoms with Crippen molar-refractivity contribution in [2.75, 3.05) is 32.7 Å². The van der Waals surface area contributed by atoms with E-state index in [0.29, 0.717) is 11.3 Å². The topological polar surface area (TPSA) is 23.6 Å². The minimum absolute atomic E-state index is 0.345. The van der Waals surface area contributed by atoms with Crippen LogP contribution in [0.15, 0.2) is 30.3 Å². The molecule has 2 aliphatic rings. The van der Waals surface area contributed by atoms with Crippen LogP contribution >= 0.6 is 0 Å². The maximum Gasteiger partial charge on any atom is 0.222 e. The zero-order chi connectivity index (χ0) is 17.5. The molecular formula is C22H30N2O. The third-order valence-corrected chi connectivity index (χ3v) is 5.78. The number of rotatable bonds is 4. The van der Waals surface area contributed by atoms with Gasteiger partial charge < -0.3 is 4.90 Å². The van der Waals surface area contributed by atoms with Crippen molar-refractivity contribution in [1.82, 2.24) is 9.80 Å². The Kier molecular flexibility index (Phi) is 6.15. The van der Waals surface area contributed by atoms with Crippen LogP contribution in [0.1, 0.15) is 44.6 Å². The summed E-state index contributed by atoms with van der Waals surface area (Å²) in [6.45, 7) is 7.06. The predicted octanol–water partition coefficient (Wildman–Crippen LogP) is 3.35. The number of amides is 1. The van der Waals surface area contributed by atoms with Gasteiger partial charge in [-0.25, -0.2) is 0 Å². The van der Waals surface area contributed by atoms with Gasteiger partial charge in [-0.2, -0.15) is 0 Å². The van der Waals surface area contributed by atoms with E-state index >= 15 is 0 Å². The van der Waals surface area contributed by atoms with E-state index in [4.69, 9.17) is 0 Å². The molecule has 2 aliphatic heterocycles. The number of piperidine rings is 2. The highest BCUT2D eigenvalue weighted by atomic mass is 16.2. The number of hydrogen-bond donors (Lipinski definition) is 0. The first-order chi connectivity index (χ1) is 12.2. The number of carbonyl (C=O) groups is 1. The number of carbonyl (C=O) groups excluding carboxylic acids is 1. The van der Waals surface area contributed by atoms with Crippen molar-refractivity contribution < 1.29 is 4.79 Å². The van der Waals surface area contributed by atoms with E-state index in [0.717, 1.165) is 58.4 Å². The monoisotopic (exact) mass is 338 g/mol. The van der Waals surface area contributed by atoms with Gasteiger partial charge in [-0.15, -0.1) is 5.92 Å². The predicted molar refractivity (Wildman–Crippen MR) is 102 cm³/mol. The molecule has 2 heterocycles. The average Bonchev–Trinajstić information content (AvgIpc) is 2.65. The van der Waals surface area contributed by atoms with Gasteiger partial charge in [-0.05, 0) is 49.8 Å². The Bertz CT molecular complexity index is 620. The quantitative estimate of drug-likeness (QED) is 0.786. The molecule has 3 nitrogen and oxygen atoms in total. The molecule has 0 aliphatic carbocycles. The number of likely N-dealkylation sites (tertiary alicyclic amines) is 2. The highest BCUT2D eigenvalue weighted by Gasteiger charge is 2.40. The minimum atomic E-state index is 0.345. The van der Waals surface area contributed by atoms with E-state index in [9.17, 15) is 4.79 Å². The summed E-state index contributed by atoms with van der Waals surface area (Å²) in [6, 6.07) is 10.5. The molecule has 2 saturated heterocycles. The maximum atomic E-state index is 12.4.